The summed E-state index contributed by atoms with van der Waals surface area (Å²) in [4.78, 5) is 28.3. The molecule has 0 amide bonds. The Hall–Kier alpha value is -2.54. The summed E-state index contributed by atoms with van der Waals surface area (Å²) < 4.78 is 7.42. The van der Waals surface area contributed by atoms with Crippen LogP contribution in [0.5, 0.6) is 5.75 Å². The molecule has 2 heterocycles. The Morgan fingerprint density at radius 3 is 2.88 bits per heavy atom. The summed E-state index contributed by atoms with van der Waals surface area (Å²) in [5.74, 6) is 0.731. The van der Waals surface area contributed by atoms with E-state index in [-0.39, 0.29) is 11.3 Å². The summed E-state index contributed by atoms with van der Waals surface area (Å²) in [5.41, 5.74) is 0.328. The van der Waals surface area contributed by atoms with Crippen molar-refractivity contribution in [2.75, 3.05) is 6.61 Å². The molecule has 0 bridgehead atoms. The average Bonchev–Trinajstić information content (AvgIpc) is 2.86. The van der Waals surface area contributed by atoms with Crippen LogP contribution >= 0.6 is 11.3 Å². The van der Waals surface area contributed by atoms with Crippen molar-refractivity contribution in [2.45, 2.75) is 26.7 Å². The van der Waals surface area contributed by atoms with Gasteiger partial charge in [-0.2, -0.15) is 14.6 Å². The largest absolute Gasteiger partial charge is 0.493 e. The van der Waals surface area contributed by atoms with Gasteiger partial charge < -0.3 is 4.74 Å². The molecule has 0 N–H and O–H groups in total. The molecule has 0 aliphatic rings. The van der Waals surface area contributed by atoms with Gasteiger partial charge in [-0.3, -0.25) is 9.59 Å². The molecule has 24 heavy (non-hydrogen) atoms. The van der Waals surface area contributed by atoms with Crippen LogP contribution in [0.3, 0.4) is 0 Å². The lowest BCUT2D eigenvalue weighted by atomic mass is 10.2. The number of aryl methyl sites for hydroxylation is 1. The lowest BCUT2D eigenvalue weighted by Crippen LogP contribution is -2.27. The molecule has 0 atom stereocenters. The van der Waals surface area contributed by atoms with E-state index in [1.165, 1.54) is 4.52 Å². The molecule has 0 unspecified atom stereocenters. The molecule has 124 valence electrons. The SMILES string of the molecule is CCCCOc1ccccc1/C=c1\sc2nc(=O)c(C)nn2c1=O. The molecule has 0 aliphatic carbocycles. The van der Waals surface area contributed by atoms with Crippen LogP contribution in [0.2, 0.25) is 0 Å². The third-order valence-electron chi connectivity index (χ3n) is 3.50. The van der Waals surface area contributed by atoms with Gasteiger partial charge in [-0.25, -0.2) is 0 Å². The molecule has 0 spiro atoms. The van der Waals surface area contributed by atoms with E-state index >= 15 is 0 Å². The fourth-order valence-electron chi connectivity index (χ4n) is 2.19. The fourth-order valence-corrected chi connectivity index (χ4v) is 3.08. The number of hydrogen-bond acceptors (Lipinski definition) is 6. The second-order valence-electron chi connectivity index (χ2n) is 5.35. The maximum atomic E-state index is 12.5. The highest BCUT2D eigenvalue weighted by Crippen LogP contribution is 2.19. The van der Waals surface area contributed by atoms with Crippen LogP contribution in [0.1, 0.15) is 31.0 Å². The average molecular weight is 343 g/mol. The Kier molecular flexibility index (Phi) is 4.71. The molecule has 1 aromatic carbocycles. The van der Waals surface area contributed by atoms with Gasteiger partial charge in [0.1, 0.15) is 11.4 Å². The van der Waals surface area contributed by atoms with Crippen molar-refractivity contribution in [2.24, 2.45) is 0 Å². The van der Waals surface area contributed by atoms with Crippen molar-refractivity contribution in [3.63, 3.8) is 0 Å². The number of rotatable bonds is 5. The number of nitrogens with zero attached hydrogens (tertiary/aromatic N) is 3. The van der Waals surface area contributed by atoms with E-state index in [1.54, 1.807) is 13.0 Å². The van der Waals surface area contributed by atoms with E-state index in [9.17, 15) is 9.59 Å². The van der Waals surface area contributed by atoms with Crippen molar-refractivity contribution in [3.05, 3.63) is 60.8 Å². The monoisotopic (exact) mass is 343 g/mol. The number of thiazole rings is 1. The molecule has 0 fully saturated rings. The number of fused-ring (bicyclic) bond motifs is 1. The number of benzene rings is 1. The van der Waals surface area contributed by atoms with E-state index in [0.717, 1.165) is 35.5 Å². The first-order valence-electron chi connectivity index (χ1n) is 7.74. The highest BCUT2D eigenvalue weighted by atomic mass is 32.1. The second kappa shape index (κ2) is 6.92. The van der Waals surface area contributed by atoms with Gasteiger partial charge in [-0.05, 0) is 25.5 Å². The van der Waals surface area contributed by atoms with E-state index in [2.05, 4.69) is 17.0 Å². The highest BCUT2D eigenvalue weighted by Gasteiger charge is 2.09. The van der Waals surface area contributed by atoms with Crippen LogP contribution < -0.4 is 20.4 Å². The number of aromatic nitrogens is 3. The van der Waals surface area contributed by atoms with Crippen molar-refractivity contribution < 1.29 is 4.74 Å². The summed E-state index contributed by atoms with van der Waals surface area (Å²) in [6.07, 6.45) is 3.78. The van der Waals surface area contributed by atoms with Gasteiger partial charge in [-0.1, -0.05) is 42.9 Å². The Labute approximate surface area is 142 Å². The van der Waals surface area contributed by atoms with Crippen molar-refractivity contribution in [1.29, 1.82) is 0 Å². The van der Waals surface area contributed by atoms with E-state index < -0.39 is 5.56 Å². The first-order valence-corrected chi connectivity index (χ1v) is 8.56. The molecule has 3 rings (SSSR count). The molecule has 0 saturated carbocycles. The smallest absolute Gasteiger partial charge is 0.295 e. The first-order chi connectivity index (χ1) is 11.6. The quantitative estimate of drug-likeness (QED) is 0.657. The van der Waals surface area contributed by atoms with Gasteiger partial charge in [0.2, 0.25) is 4.96 Å². The third kappa shape index (κ3) is 3.21. The van der Waals surface area contributed by atoms with Crippen LogP contribution in [-0.2, 0) is 0 Å². The van der Waals surface area contributed by atoms with Crippen molar-refractivity contribution >= 4 is 22.4 Å². The van der Waals surface area contributed by atoms with Gasteiger partial charge in [0.05, 0.1) is 11.1 Å². The molecule has 3 aromatic rings. The second-order valence-corrected chi connectivity index (χ2v) is 6.36. The van der Waals surface area contributed by atoms with E-state index in [0.29, 0.717) is 16.1 Å². The Balaban J connectivity index is 2.09. The summed E-state index contributed by atoms with van der Waals surface area (Å²) in [6.45, 7) is 4.28. The maximum Gasteiger partial charge on any atom is 0.295 e. The van der Waals surface area contributed by atoms with E-state index in [1.807, 2.05) is 24.3 Å². The minimum Gasteiger partial charge on any atom is -0.493 e. The topological polar surface area (TPSA) is 73.6 Å². The van der Waals surface area contributed by atoms with Crippen LogP contribution in [0.25, 0.3) is 11.0 Å². The fraction of sp³-hybridized carbons (Fsp3) is 0.294. The van der Waals surface area contributed by atoms with Crippen molar-refractivity contribution in [3.8, 4) is 5.75 Å². The number of ether oxygens (including phenoxy) is 1. The number of unbranched alkanes of at least 4 members (excludes halogenated alkanes) is 1. The molecule has 0 saturated heterocycles. The zero-order valence-corrected chi connectivity index (χ0v) is 14.3. The lowest BCUT2D eigenvalue weighted by molar-refractivity contribution is 0.309. The molecular formula is C17H17N3O3S. The lowest BCUT2D eigenvalue weighted by Gasteiger charge is -2.07. The minimum absolute atomic E-state index is 0.206. The first kappa shape index (κ1) is 16.3. The Morgan fingerprint density at radius 2 is 2.08 bits per heavy atom. The summed E-state index contributed by atoms with van der Waals surface area (Å²) >= 11 is 1.14. The maximum absolute atomic E-state index is 12.5. The Bertz CT molecular complexity index is 1040. The van der Waals surface area contributed by atoms with Crippen LogP contribution in [0.4, 0.5) is 0 Å². The normalized spacial score (nSPS) is 12.0. The molecule has 2 aromatic heterocycles. The third-order valence-corrected chi connectivity index (χ3v) is 4.46. The predicted molar refractivity (Wildman–Crippen MR) is 93.8 cm³/mol. The zero-order valence-electron chi connectivity index (χ0n) is 13.5. The Morgan fingerprint density at radius 1 is 1.29 bits per heavy atom. The van der Waals surface area contributed by atoms with Crippen LogP contribution in [0, 0.1) is 6.92 Å². The summed E-state index contributed by atoms with van der Waals surface area (Å²) in [5, 5.41) is 4.01. The highest BCUT2D eigenvalue weighted by molar-refractivity contribution is 7.15. The molecular weight excluding hydrogens is 326 g/mol. The molecule has 7 heteroatoms. The summed E-state index contributed by atoms with van der Waals surface area (Å²) in [6, 6.07) is 7.55. The van der Waals surface area contributed by atoms with Crippen LogP contribution in [-0.4, -0.2) is 21.2 Å². The van der Waals surface area contributed by atoms with Gasteiger partial charge in [0.15, 0.2) is 0 Å². The van der Waals surface area contributed by atoms with Crippen LogP contribution in [0.15, 0.2) is 33.9 Å². The minimum atomic E-state index is -0.411. The molecule has 0 aliphatic heterocycles. The van der Waals surface area contributed by atoms with Crippen molar-refractivity contribution in [1.82, 2.24) is 14.6 Å². The van der Waals surface area contributed by atoms with Gasteiger partial charge >= 0.3 is 0 Å². The van der Waals surface area contributed by atoms with E-state index in [4.69, 9.17) is 4.74 Å². The van der Waals surface area contributed by atoms with Gasteiger partial charge in [0, 0.05) is 5.56 Å². The zero-order chi connectivity index (χ0) is 17.1. The molecule has 0 radical (unpaired) electrons. The summed E-state index contributed by atoms with van der Waals surface area (Å²) in [7, 11) is 0. The predicted octanol–water partition coefficient (Wildman–Crippen LogP) is 1.55. The van der Waals surface area contributed by atoms with Gasteiger partial charge in [0.25, 0.3) is 11.1 Å². The molecule has 6 nitrogen and oxygen atoms in total. The standard InChI is InChI=1S/C17H17N3O3S/c1-3-4-9-23-13-8-6-5-7-12(13)10-14-16(22)20-17(24-14)18-15(21)11(2)19-20/h5-8,10H,3-4,9H2,1-2H3/b14-10-. The number of para-hydroxylation sites is 1. The van der Waals surface area contributed by atoms with Gasteiger partial charge in [-0.15, -0.1) is 0 Å². The number of hydrogen-bond donors (Lipinski definition) is 0.